The van der Waals surface area contributed by atoms with Crippen LogP contribution in [0.3, 0.4) is 0 Å². The highest BCUT2D eigenvalue weighted by atomic mass is 16.5. The highest BCUT2D eigenvalue weighted by Gasteiger charge is 2.66. The standard InChI is InChI=1S/C59H107NO8/c1-9-17-24-49(25-18-10-2)31-34-53(62)66-46-57-38-37-56(45-65-52(61)30-23-39-60(15-7)16-8)40-58(42-57,47-67-54(63)35-32-50(26-19-11-3)27-20-12-4)44-59(41-56,43-57)48-68-55(64)36-33-51(28-21-13-5)29-22-14-6/h49-51H,9-48H2,1-8H3. The van der Waals surface area contributed by atoms with Gasteiger partial charge in [0.1, 0.15) is 0 Å². The van der Waals surface area contributed by atoms with Crippen LogP contribution in [0.2, 0.25) is 0 Å². The lowest BCUT2D eigenvalue weighted by atomic mass is 9.46. The van der Waals surface area contributed by atoms with Gasteiger partial charge in [0.2, 0.25) is 0 Å². The Balaban J connectivity index is 1.94. The molecule has 0 saturated heterocycles. The minimum Gasteiger partial charge on any atom is -0.465 e. The largest absolute Gasteiger partial charge is 0.465 e. The van der Waals surface area contributed by atoms with Gasteiger partial charge in [0.15, 0.2) is 0 Å². The Bertz CT molecular complexity index is 1330. The second-order valence-corrected chi connectivity index (χ2v) is 23.2. The Kier molecular flexibility index (Phi) is 29.0. The molecule has 4 bridgehead atoms. The maximum absolute atomic E-state index is 13.8. The topological polar surface area (TPSA) is 108 Å². The molecule has 2 unspecified atom stereocenters. The molecule has 0 amide bonds. The number of rotatable bonds is 41. The Morgan fingerprint density at radius 2 is 0.632 bits per heavy atom. The van der Waals surface area contributed by atoms with E-state index in [4.69, 9.17) is 18.9 Å². The van der Waals surface area contributed by atoms with E-state index >= 15 is 0 Å². The van der Waals surface area contributed by atoms with Crippen LogP contribution >= 0.6 is 0 Å². The van der Waals surface area contributed by atoms with Crippen molar-refractivity contribution in [3.8, 4) is 0 Å². The molecule has 0 aromatic carbocycles. The third-order valence-corrected chi connectivity index (χ3v) is 16.9. The van der Waals surface area contributed by atoms with Crippen molar-refractivity contribution >= 4 is 23.9 Å². The maximum atomic E-state index is 13.8. The summed E-state index contributed by atoms with van der Waals surface area (Å²) in [6.45, 7) is 21.7. The number of unbranched alkanes of at least 4 members (excludes halogenated alkanes) is 6. The molecular weight excluding hydrogens is 851 g/mol. The molecule has 0 N–H and O–H groups in total. The third kappa shape index (κ3) is 21.7. The molecule has 0 heterocycles. The van der Waals surface area contributed by atoms with E-state index in [-0.39, 0.29) is 34.7 Å². The van der Waals surface area contributed by atoms with Crippen LogP contribution in [-0.4, -0.2) is 74.8 Å². The summed E-state index contributed by atoms with van der Waals surface area (Å²) < 4.78 is 25.6. The van der Waals surface area contributed by atoms with Crippen LogP contribution in [0.1, 0.15) is 267 Å². The van der Waals surface area contributed by atoms with E-state index < -0.39 is 10.8 Å². The molecule has 9 heteroatoms. The van der Waals surface area contributed by atoms with Gasteiger partial charge < -0.3 is 23.8 Å². The van der Waals surface area contributed by atoms with Gasteiger partial charge >= 0.3 is 23.9 Å². The first kappa shape index (κ1) is 60.1. The van der Waals surface area contributed by atoms with Crippen LogP contribution in [0.15, 0.2) is 0 Å². The zero-order chi connectivity index (χ0) is 49.7. The summed E-state index contributed by atoms with van der Waals surface area (Å²) in [5.74, 6) is 1.07. The lowest BCUT2D eigenvalue weighted by Crippen LogP contribution is -2.56. The third-order valence-electron chi connectivity index (χ3n) is 16.9. The second-order valence-electron chi connectivity index (χ2n) is 23.2. The summed E-state index contributed by atoms with van der Waals surface area (Å²) in [5, 5.41) is 0. The quantitative estimate of drug-likeness (QED) is 0.0437. The lowest BCUT2D eigenvalue weighted by Gasteiger charge is -2.60. The normalized spacial score (nSPS) is 23.2. The Hall–Kier alpha value is -2.16. The van der Waals surface area contributed by atoms with E-state index in [0.29, 0.717) is 69.9 Å². The number of fused-ring (bicyclic) bond motifs is 1. The van der Waals surface area contributed by atoms with Crippen LogP contribution in [0.5, 0.6) is 0 Å². The molecule has 9 nitrogen and oxygen atoms in total. The van der Waals surface area contributed by atoms with E-state index in [1.807, 2.05) is 0 Å². The average molecular weight is 959 g/mol. The predicted molar refractivity (Wildman–Crippen MR) is 278 cm³/mol. The van der Waals surface area contributed by atoms with Crippen molar-refractivity contribution in [2.45, 2.75) is 267 Å². The smallest absolute Gasteiger partial charge is 0.305 e. The molecule has 0 spiro atoms. The fourth-order valence-electron chi connectivity index (χ4n) is 13.4. The van der Waals surface area contributed by atoms with Gasteiger partial charge in [0, 0.05) is 47.3 Å². The molecule has 4 fully saturated rings. The summed E-state index contributed by atoms with van der Waals surface area (Å²) in [6.07, 6.45) is 31.6. The van der Waals surface area contributed by atoms with Crippen molar-refractivity contribution in [2.75, 3.05) is 46.1 Å². The summed E-state index contributed by atoms with van der Waals surface area (Å²) >= 11 is 0. The van der Waals surface area contributed by atoms with Crippen LogP contribution in [0.25, 0.3) is 0 Å². The Morgan fingerprint density at radius 3 is 0.912 bits per heavy atom. The summed E-state index contributed by atoms with van der Waals surface area (Å²) in [6, 6.07) is 0. The zero-order valence-electron chi connectivity index (χ0n) is 45.7. The molecule has 396 valence electrons. The molecule has 4 aliphatic carbocycles. The Labute approximate surface area is 418 Å². The van der Waals surface area contributed by atoms with E-state index in [2.05, 4.69) is 60.3 Å². The summed E-state index contributed by atoms with van der Waals surface area (Å²) in [7, 11) is 0. The fourth-order valence-corrected chi connectivity index (χ4v) is 13.4. The van der Waals surface area contributed by atoms with Gasteiger partial charge in [-0.1, -0.05) is 171 Å². The molecule has 4 aliphatic rings. The van der Waals surface area contributed by atoms with Gasteiger partial charge in [-0.15, -0.1) is 0 Å². The van der Waals surface area contributed by atoms with E-state index in [1.54, 1.807) is 0 Å². The first-order chi connectivity index (χ1) is 32.8. The lowest BCUT2D eigenvalue weighted by molar-refractivity contribution is -0.187. The van der Waals surface area contributed by atoms with Gasteiger partial charge in [0.05, 0.1) is 26.4 Å². The van der Waals surface area contributed by atoms with Gasteiger partial charge in [-0.2, -0.15) is 0 Å². The molecule has 0 radical (unpaired) electrons. The minimum absolute atomic E-state index is 0.119. The average Bonchev–Trinajstić information content (AvgIpc) is 3.50. The number of carbonyl (C=O) groups excluding carboxylic acids is 4. The zero-order valence-corrected chi connectivity index (χ0v) is 45.7. The van der Waals surface area contributed by atoms with Crippen LogP contribution in [-0.2, 0) is 38.1 Å². The molecule has 0 aliphatic heterocycles. The van der Waals surface area contributed by atoms with Gasteiger partial charge in [0.25, 0.3) is 0 Å². The summed E-state index contributed by atoms with van der Waals surface area (Å²) in [4.78, 5) is 57.3. The number of hydrogen-bond donors (Lipinski definition) is 0. The van der Waals surface area contributed by atoms with E-state index in [9.17, 15) is 19.2 Å². The number of nitrogens with zero attached hydrogens (tertiary/aromatic N) is 1. The number of ether oxygens (including phenoxy) is 4. The highest BCUT2D eigenvalue weighted by molar-refractivity contribution is 5.70. The molecule has 68 heavy (non-hydrogen) atoms. The molecule has 4 saturated carbocycles. The molecule has 4 rings (SSSR count). The number of hydrogen-bond acceptors (Lipinski definition) is 9. The molecule has 0 aromatic heterocycles. The second kappa shape index (κ2) is 32.7. The molecular formula is C59H107NO8. The van der Waals surface area contributed by atoms with Crippen molar-refractivity contribution in [1.82, 2.24) is 4.90 Å². The number of carbonyl (C=O) groups is 4. The molecule has 2 atom stereocenters. The van der Waals surface area contributed by atoms with Crippen LogP contribution < -0.4 is 0 Å². The van der Waals surface area contributed by atoms with Crippen molar-refractivity contribution in [1.29, 1.82) is 0 Å². The van der Waals surface area contributed by atoms with Crippen LogP contribution in [0.4, 0.5) is 0 Å². The maximum Gasteiger partial charge on any atom is 0.305 e. The monoisotopic (exact) mass is 958 g/mol. The SMILES string of the molecule is CCCCC(CCCC)CCC(=O)OCC12CCC3(COC(=O)CCCN(CC)CC)CC(COC(=O)CCC(CCCC)CCCC)(C1)CC(COC(=O)CCC(CCCC)CCCC)(C3)C2. The van der Waals surface area contributed by atoms with E-state index in [1.165, 1.54) is 38.5 Å². The first-order valence-electron chi connectivity index (χ1n) is 29.1. The first-order valence-corrected chi connectivity index (χ1v) is 29.1. The van der Waals surface area contributed by atoms with Crippen LogP contribution in [0, 0.1) is 39.4 Å². The van der Waals surface area contributed by atoms with Crippen molar-refractivity contribution < 1.29 is 38.1 Å². The van der Waals surface area contributed by atoms with Gasteiger partial charge in [-0.3, -0.25) is 19.2 Å². The summed E-state index contributed by atoms with van der Waals surface area (Å²) in [5.41, 5.74) is -1.57. The predicted octanol–water partition coefficient (Wildman–Crippen LogP) is 15.3. The van der Waals surface area contributed by atoms with Crippen molar-refractivity contribution in [3.63, 3.8) is 0 Å². The molecule has 0 aromatic rings. The van der Waals surface area contributed by atoms with Gasteiger partial charge in [-0.25, -0.2) is 0 Å². The Morgan fingerprint density at radius 1 is 0.368 bits per heavy atom. The van der Waals surface area contributed by atoms with E-state index in [0.717, 1.165) is 167 Å². The minimum atomic E-state index is -0.419. The van der Waals surface area contributed by atoms with Crippen molar-refractivity contribution in [2.24, 2.45) is 39.4 Å². The van der Waals surface area contributed by atoms with Crippen molar-refractivity contribution in [3.05, 3.63) is 0 Å². The fraction of sp³-hybridized carbons (Fsp3) is 0.932. The number of esters is 4. The van der Waals surface area contributed by atoms with Gasteiger partial charge in [-0.05, 0) is 108 Å². The highest BCUT2D eigenvalue weighted by Crippen LogP contribution is 2.71.